The molecule has 5 nitrogen and oxygen atoms in total. The Labute approximate surface area is 162 Å². The van der Waals surface area contributed by atoms with Gasteiger partial charge in [0, 0.05) is 25.8 Å². The maximum atomic E-state index is 12.2. The molecule has 3 rings (SSSR count). The van der Waals surface area contributed by atoms with E-state index in [2.05, 4.69) is 46.3 Å². The molecule has 1 amide bonds. The lowest BCUT2D eigenvalue weighted by molar-refractivity contribution is 0.0588. The lowest BCUT2D eigenvalue weighted by Gasteiger charge is -2.26. The van der Waals surface area contributed by atoms with Gasteiger partial charge in [0.1, 0.15) is 11.4 Å². The van der Waals surface area contributed by atoms with Crippen LogP contribution in [0.5, 0.6) is 0 Å². The summed E-state index contributed by atoms with van der Waals surface area (Å²) >= 11 is 0. The highest BCUT2D eigenvalue weighted by molar-refractivity contribution is 5.85. The number of rotatable bonds is 4. The lowest BCUT2D eigenvalue weighted by Crippen LogP contribution is -2.34. The number of carbonyl (C=O) groups is 1. The molecule has 2 aromatic rings. The van der Waals surface area contributed by atoms with Crippen LogP contribution in [0, 0.1) is 0 Å². The molecule has 1 fully saturated rings. The van der Waals surface area contributed by atoms with Crippen LogP contribution in [0.15, 0.2) is 48.7 Å². The van der Waals surface area contributed by atoms with Crippen molar-refractivity contribution in [1.29, 1.82) is 0 Å². The van der Waals surface area contributed by atoms with E-state index in [1.165, 1.54) is 22.4 Å². The molecule has 2 heterocycles. The van der Waals surface area contributed by atoms with E-state index in [4.69, 9.17) is 4.74 Å². The zero-order valence-corrected chi connectivity index (χ0v) is 16.7. The standard InChI is InChI=1S/C22H29N3O2/c1-22(2,3)27-21(26)24(4)20-13-12-18(15-23-20)19-11-8-14-25(19)16-17-9-6-5-7-10-17/h5-7,9-10,12-13,15,19H,8,11,14,16H2,1-4H3. The molecular weight excluding hydrogens is 338 g/mol. The van der Waals surface area contributed by atoms with Gasteiger partial charge in [-0.2, -0.15) is 0 Å². The number of likely N-dealkylation sites (tertiary alicyclic amines) is 1. The number of carbonyl (C=O) groups excluding carboxylic acids is 1. The van der Waals surface area contributed by atoms with Crippen LogP contribution in [0.2, 0.25) is 0 Å². The fourth-order valence-corrected chi connectivity index (χ4v) is 3.43. The van der Waals surface area contributed by atoms with Gasteiger partial charge in [-0.15, -0.1) is 0 Å². The van der Waals surface area contributed by atoms with Crippen LogP contribution in [0.3, 0.4) is 0 Å². The number of hydrogen-bond acceptors (Lipinski definition) is 4. The normalized spacial score (nSPS) is 17.7. The van der Waals surface area contributed by atoms with Crippen LogP contribution in [-0.4, -0.2) is 35.2 Å². The molecule has 5 heteroatoms. The predicted molar refractivity (Wildman–Crippen MR) is 108 cm³/mol. The van der Waals surface area contributed by atoms with Gasteiger partial charge in [0.05, 0.1) is 0 Å². The molecule has 144 valence electrons. The zero-order chi connectivity index (χ0) is 19.4. The minimum absolute atomic E-state index is 0.374. The second kappa shape index (κ2) is 8.09. The van der Waals surface area contributed by atoms with E-state index >= 15 is 0 Å². The molecule has 1 aliphatic rings. The Morgan fingerprint density at radius 1 is 1.22 bits per heavy atom. The number of pyridine rings is 1. The van der Waals surface area contributed by atoms with Gasteiger partial charge in [-0.05, 0) is 57.4 Å². The van der Waals surface area contributed by atoms with Crippen LogP contribution in [-0.2, 0) is 11.3 Å². The Morgan fingerprint density at radius 3 is 2.59 bits per heavy atom. The summed E-state index contributed by atoms with van der Waals surface area (Å²) in [6, 6.07) is 14.9. The quantitative estimate of drug-likeness (QED) is 0.779. The smallest absolute Gasteiger partial charge is 0.415 e. The maximum absolute atomic E-state index is 12.2. The maximum Gasteiger partial charge on any atom is 0.415 e. The average molecular weight is 367 g/mol. The fraction of sp³-hybridized carbons (Fsp3) is 0.455. The van der Waals surface area contributed by atoms with Gasteiger partial charge in [0.25, 0.3) is 0 Å². The zero-order valence-electron chi connectivity index (χ0n) is 16.7. The molecule has 0 radical (unpaired) electrons. The lowest BCUT2D eigenvalue weighted by atomic mass is 10.1. The molecule has 27 heavy (non-hydrogen) atoms. The van der Waals surface area contributed by atoms with E-state index in [9.17, 15) is 4.79 Å². The summed E-state index contributed by atoms with van der Waals surface area (Å²) in [4.78, 5) is 20.7. The van der Waals surface area contributed by atoms with Crippen molar-refractivity contribution < 1.29 is 9.53 Å². The minimum atomic E-state index is -0.521. The Hall–Kier alpha value is -2.40. The third-order valence-electron chi connectivity index (χ3n) is 4.76. The second-order valence-corrected chi connectivity index (χ2v) is 8.10. The molecule has 0 spiro atoms. The summed E-state index contributed by atoms with van der Waals surface area (Å²) in [6.07, 6.45) is 3.83. The number of ether oxygens (including phenoxy) is 1. The van der Waals surface area contributed by atoms with Gasteiger partial charge in [-0.3, -0.25) is 9.80 Å². The van der Waals surface area contributed by atoms with E-state index in [1.54, 1.807) is 7.05 Å². The third kappa shape index (κ3) is 5.07. The Morgan fingerprint density at radius 2 is 1.96 bits per heavy atom. The SMILES string of the molecule is CN(C(=O)OC(C)(C)C)c1ccc(C2CCCN2Cc2ccccc2)cn1. The van der Waals surface area contributed by atoms with E-state index in [0.717, 1.165) is 19.5 Å². The fourth-order valence-electron chi connectivity index (χ4n) is 3.43. The van der Waals surface area contributed by atoms with Crippen molar-refractivity contribution in [3.8, 4) is 0 Å². The van der Waals surface area contributed by atoms with E-state index in [1.807, 2.05) is 33.0 Å². The summed E-state index contributed by atoms with van der Waals surface area (Å²) < 4.78 is 5.41. The summed E-state index contributed by atoms with van der Waals surface area (Å²) in [7, 11) is 1.69. The largest absolute Gasteiger partial charge is 0.443 e. The van der Waals surface area contributed by atoms with Crippen molar-refractivity contribution in [2.75, 3.05) is 18.5 Å². The Kier molecular flexibility index (Phi) is 5.80. The summed E-state index contributed by atoms with van der Waals surface area (Å²) in [6.45, 7) is 7.62. The van der Waals surface area contributed by atoms with Crippen molar-refractivity contribution in [1.82, 2.24) is 9.88 Å². The summed E-state index contributed by atoms with van der Waals surface area (Å²) in [5, 5.41) is 0. The Balaban J connectivity index is 1.68. The molecular formula is C22H29N3O2. The summed E-state index contributed by atoms with van der Waals surface area (Å²) in [5.41, 5.74) is 2.01. The first-order valence-electron chi connectivity index (χ1n) is 9.54. The molecule has 0 aliphatic carbocycles. The summed E-state index contributed by atoms with van der Waals surface area (Å²) in [5.74, 6) is 0.598. The number of hydrogen-bond donors (Lipinski definition) is 0. The van der Waals surface area contributed by atoms with Gasteiger partial charge in [0.2, 0.25) is 0 Å². The van der Waals surface area contributed by atoms with Crippen molar-refractivity contribution in [3.05, 3.63) is 59.8 Å². The second-order valence-electron chi connectivity index (χ2n) is 8.10. The molecule has 1 atom stereocenters. The molecule has 0 N–H and O–H groups in total. The monoisotopic (exact) mass is 367 g/mol. The molecule has 0 bridgehead atoms. The molecule has 1 aromatic heterocycles. The molecule has 1 unspecified atom stereocenters. The van der Waals surface area contributed by atoms with Crippen molar-refractivity contribution in [3.63, 3.8) is 0 Å². The highest BCUT2D eigenvalue weighted by Crippen LogP contribution is 2.33. The molecule has 1 saturated heterocycles. The first-order chi connectivity index (χ1) is 12.8. The van der Waals surface area contributed by atoms with E-state index in [-0.39, 0.29) is 0 Å². The first kappa shape index (κ1) is 19.4. The highest BCUT2D eigenvalue weighted by Gasteiger charge is 2.27. The van der Waals surface area contributed by atoms with Gasteiger partial charge in [-0.25, -0.2) is 9.78 Å². The molecule has 0 saturated carbocycles. The third-order valence-corrected chi connectivity index (χ3v) is 4.76. The van der Waals surface area contributed by atoms with Crippen LogP contribution >= 0.6 is 0 Å². The van der Waals surface area contributed by atoms with Gasteiger partial charge >= 0.3 is 6.09 Å². The number of amides is 1. The average Bonchev–Trinajstić information content (AvgIpc) is 3.09. The number of aromatic nitrogens is 1. The first-order valence-corrected chi connectivity index (χ1v) is 9.54. The van der Waals surface area contributed by atoms with Gasteiger partial charge in [0.15, 0.2) is 0 Å². The number of nitrogens with zero attached hydrogens (tertiary/aromatic N) is 3. The van der Waals surface area contributed by atoms with Crippen molar-refractivity contribution in [2.24, 2.45) is 0 Å². The minimum Gasteiger partial charge on any atom is -0.443 e. The van der Waals surface area contributed by atoms with Crippen molar-refractivity contribution >= 4 is 11.9 Å². The Bertz CT molecular complexity index is 753. The van der Waals surface area contributed by atoms with Gasteiger partial charge < -0.3 is 4.74 Å². The predicted octanol–water partition coefficient (Wildman–Crippen LogP) is 4.79. The highest BCUT2D eigenvalue weighted by atomic mass is 16.6. The number of anilines is 1. The van der Waals surface area contributed by atoms with Crippen LogP contribution < -0.4 is 4.90 Å². The van der Waals surface area contributed by atoms with Crippen LogP contribution in [0.1, 0.15) is 50.8 Å². The molecule has 1 aliphatic heterocycles. The molecule has 1 aromatic carbocycles. The topological polar surface area (TPSA) is 45.7 Å². The number of benzene rings is 1. The van der Waals surface area contributed by atoms with E-state index in [0.29, 0.717) is 11.9 Å². The van der Waals surface area contributed by atoms with E-state index < -0.39 is 11.7 Å². The van der Waals surface area contributed by atoms with Crippen LogP contribution in [0.4, 0.5) is 10.6 Å². The van der Waals surface area contributed by atoms with Crippen LogP contribution in [0.25, 0.3) is 0 Å². The van der Waals surface area contributed by atoms with Gasteiger partial charge in [-0.1, -0.05) is 36.4 Å². The van der Waals surface area contributed by atoms with Crippen molar-refractivity contribution in [2.45, 2.75) is 51.8 Å².